The van der Waals surface area contributed by atoms with Crippen LogP contribution in [0.3, 0.4) is 0 Å². The van der Waals surface area contributed by atoms with Crippen molar-refractivity contribution in [3.8, 4) is 11.5 Å². The number of hydrogen-bond acceptors (Lipinski definition) is 5. The lowest BCUT2D eigenvalue weighted by Gasteiger charge is -2.16. The Bertz CT molecular complexity index is 517. The third kappa shape index (κ3) is 6.28. The summed E-state index contributed by atoms with van der Waals surface area (Å²) < 4.78 is 10.8. The zero-order valence-corrected chi connectivity index (χ0v) is 14.1. The highest BCUT2D eigenvalue weighted by molar-refractivity contribution is 5.98. The number of carbonyl (C=O) groups excluding carboxylic acids is 2. The Labute approximate surface area is 137 Å². The van der Waals surface area contributed by atoms with Crippen LogP contribution in [-0.4, -0.2) is 45.5 Å². The smallest absolute Gasteiger partial charge is 0.255 e. The topological polar surface area (TPSA) is 76.7 Å². The molecule has 0 bridgehead atoms. The second kappa shape index (κ2) is 9.84. The van der Waals surface area contributed by atoms with Crippen LogP contribution in [0.2, 0.25) is 0 Å². The average Bonchev–Trinajstić information content (AvgIpc) is 2.53. The lowest BCUT2D eigenvalue weighted by molar-refractivity contribution is 0.0939. The molecule has 6 heteroatoms. The van der Waals surface area contributed by atoms with Gasteiger partial charge in [-0.3, -0.25) is 9.59 Å². The minimum atomic E-state index is -0.630. The Morgan fingerprint density at radius 1 is 1.35 bits per heavy atom. The maximum absolute atomic E-state index is 12.4. The maximum Gasteiger partial charge on any atom is 0.255 e. The summed E-state index contributed by atoms with van der Waals surface area (Å²) in [5.74, 6) is 0.943. The summed E-state index contributed by atoms with van der Waals surface area (Å²) >= 11 is 0. The van der Waals surface area contributed by atoms with Crippen molar-refractivity contribution in [1.29, 1.82) is 0 Å². The first-order valence-electron chi connectivity index (χ1n) is 7.65. The number of carbonyl (C=O) groups is 1. The van der Waals surface area contributed by atoms with E-state index in [0.29, 0.717) is 36.6 Å². The molecular weight excluding hydrogens is 296 g/mol. The van der Waals surface area contributed by atoms with Gasteiger partial charge in [0.2, 0.25) is 6.29 Å². The number of nitrogens with one attached hydrogen (secondary N) is 2. The van der Waals surface area contributed by atoms with Crippen molar-refractivity contribution >= 4 is 12.2 Å². The predicted octanol–water partition coefficient (Wildman–Crippen LogP) is 1.55. The van der Waals surface area contributed by atoms with E-state index < -0.39 is 6.04 Å². The normalized spacial score (nSPS) is 11.9. The van der Waals surface area contributed by atoms with Gasteiger partial charge in [0.25, 0.3) is 5.91 Å². The van der Waals surface area contributed by atoms with Gasteiger partial charge in [-0.05, 0) is 31.5 Å². The molecule has 0 unspecified atom stereocenters. The Kier molecular flexibility index (Phi) is 8.11. The van der Waals surface area contributed by atoms with E-state index in [-0.39, 0.29) is 11.8 Å². The summed E-state index contributed by atoms with van der Waals surface area (Å²) in [4.78, 5) is 23.4. The van der Waals surface area contributed by atoms with Crippen molar-refractivity contribution in [2.75, 3.05) is 27.3 Å². The standard InChI is InChI=1S/C17H25N2O4/c1-12(2)9-13(11-20)19-17(21)15-6-5-14(22-4)10-16(15)23-8-7-18-3/h5-6,10,12-13,18H,7-9H2,1-4H3,(H,19,21)/t13-/m0/s1. The molecule has 1 aromatic carbocycles. The Morgan fingerprint density at radius 2 is 2.09 bits per heavy atom. The van der Waals surface area contributed by atoms with Gasteiger partial charge < -0.3 is 20.1 Å². The van der Waals surface area contributed by atoms with Gasteiger partial charge in [-0.2, -0.15) is 0 Å². The molecule has 0 fully saturated rings. The van der Waals surface area contributed by atoms with Crippen LogP contribution < -0.4 is 20.1 Å². The molecule has 0 spiro atoms. The number of benzene rings is 1. The Morgan fingerprint density at radius 3 is 2.65 bits per heavy atom. The lowest BCUT2D eigenvalue weighted by Crippen LogP contribution is -2.37. The second-order valence-corrected chi connectivity index (χ2v) is 5.59. The summed E-state index contributed by atoms with van der Waals surface area (Å²) in [5, 5.41) is 5.65. The van der Waals surface area contributed by atoms with E-state index in [9.17, 15) is 9.59 Å². The van der Waals surface area contributed by atoms with E-state index in [4.69, 9.17) is 9.47 Å². The molecule has 1 rings (SSSR count). The Balaban J connectivity index is 2.90. The van der Waals surface area contributed by atoms with Gasteiger partial charge in [0, 0.05) is 12.6 Å². The molecule has 2 N–H and O–H groups in total. The summed E-state index contributed by atoms with van der Waals surface area (Å²) in [7, 11) is 3.37. The van der Waals surface area contributed by atoms with Crippen LogP contribution in [0.5, 0.6) is 11.5 Å². The molecule has 1 amide bonds. The maximum atomic E-state index is 12.4. The lowest BCUT2D eigenvalue weighted by atomic mass is 10.0. The molecule has 6 nitrogen and oxygen atoms in total. The van der Waals surface area contributed by atoms with Gasteiger partial charge in [-0.25, -0.2) is 0 Å². The first kappa shape index (κ1) is 19.0. The molecule has 0 aliphatic rings. The molecular formula is C17H25N2O4. The average molecular weight is 321 g/mol. The van der Waals surface area contributed by atoms with Crippen molar-refractivity contribution in [2.24, 2.45) is 5.92 Å². The van der Waals surface area contributed by atoms with Crippen LogP contribution in [0.1, 0.15) is 30.6 Å². The highest BCUT2D eigenvalue weighted by Gasteiger charge is 2.19. The van der Waals surface area contributed by atoms with Crippen LogP contribution in [0, 0.1) is 5.92 Å². The van der Waals surface area contributed by atoms with Gasteiger partial charge in [0.1, 0.15) is 18.1 Å². The molecule has 23 heavy (non-hydrogen) atoms. The fourth-order valence-corrected chi connectivity index (χ4v) is 2.04. The molecule has 1 aromatic rings. The van der Waals surface area contributed by atoms with Gasteiger partial charge in [0.05, 0.1) is 18.7 Å². The number of amides is 1. The van der Waals surface area contributed by atoms with Crippen molar-refractivity contribution in [3.05, 3.63) is 23.8 Å². The zero-order chi connectivity index (χ0) is 17.2. The number of likely N-dealkylation sites (N-methyl/N-ethyl adjacent to an activating group) is 1. The molecule has 0 saturated carbocycles. The zero-order valence-electron chi connectivity index (χ0n) is 14.1. The number of hydrogen-bond donors (Lipinski definition) is 2. The van der Waals surface area contributed by atoms with Crippen LogP contribution in [0.15, 0.2) is 18.2 Å². The third-order valence-electron chi connectivity index (χ3n) is 3.20. The van der Waals surface area contributed by atoms with Gasteiger partial charge in [0.15, 0.2) is 0 Å². The minimum absolute atomic E-state index is 0.281. The largest absolute Gasteiger partial charge is 0.497 e. The summed E-state index contributed by atoms with van der Waals surface area (Å²) in [5.41, 5.74) is 0.367. The van der Waals surface area contributed by atoms with Crippen LogP contribution >= 0.6 is 0 Å². The summed E-state index contributed by atoms with van der Waals surface area (Å²) in [6.07, 6.45) is 2.41. The van der Waals surface area contributed by atoms with Crippen LogP contribution in [0.4, 0.5) is 0 Å². The predicted molar refractivity (Wildman–Crippen MR) is 88.8 cm³/mol. The first-order chi connectivity index (χ1) is 11.0. The Hall–Kier alpha value is -2.08. The van der Waals surface area contributed by atoms with Crippen molar-refractivity contribution < 1.29 is 19.1 Å². The highest BCUT2D eigenvalue weighted by atomic mass is 16.5. The third-order valence-corrected chi connectivity index (χ3v) is 3.20. The number of methoxy groups -OCH3 is 1. The van der Waals surface area contributed by atoms with Gasteiger partial charge in [-0.1, -0.05) is 13.8 Å². The highest BCUT2D eigenvalue weighted by Crippen LogP contribution is 2.25. The van der Waals surface area contributed by atoms with Crippen molar-refractivity contribution in [2.45, 2.75) is 26.3 Å². The van der Waals surface area contributed by atoms with E-state index in [0.717, 1.165) is 0 Å². The molecule has 0 aliphatic heterocycles. The number of rotatable bonds is 10. The summed E-state index contributed by atoms with van der Waals surface area (Å²) in [6.45, 7) is 5.03. The first-order valence-corrected chi connectivity index (χ1v) is 7.65. The van der Waals surface area contributed by atoms with E-state index in [1.807, 2.05) is 27.2 Å². The van der Waals surface area contributed by atoms with Crippen molar-refractivity contribution in [1.82, 2.24) is 10.6 Å². The van der Waals surface area contributed by atoms with Crippen molar-refractivity contribution in [3.63, 3.8) is 0 Å². The fraction of sp³-hybridized carbons (Fsp3) is 0.529. The summed E-state index contributed by atoms with van der Waals surface area (Å²) in [6, 6.07) is 4.34. The van der Waals surface area contributed by atoms with Crippen LogP contribution in [-0.2, 0) is 4.79 Å². The second-order valence-electron chi connectivity index (χ2n) is 5.59. The van der Waals surface area contributed by atoms with E-state index >= 15 is 0 Å². The quantitative estimate of drug-likeness (QED) is 0.639. The van der Waals surface area contributed by atoms with Gasteiger partial charge >= 0.3 is 0 Å². The van der Waals surface area contributed by atoms with E-state index in [1.165, 1.54) is 0 Å². The molecule has 0 aromatic heterocycles. The molecule has 1 radical (unpaired) electrons. The SMILES string of the molecule is CNCCOc1cc(OC)ccc1C(=O)N[C@H]([C]=O)CC(C)C. The molecule has 1 atom stereocenters. The molecule has 0 aliphatic carbocycles. The monoisotopic (exact) mass is 321 g/mol. The molecule has 127 valence electrons. The number of ether oxygens (including phenoxy) is 2. The van der Waals surface area contributed by atoms with Crippen LogP contribution in [0.25, 0.3) is 0 Å². The van der Waals surface area contributed by atoms with Gasteiger partial charge in [-0.15, -0.1) is 0 Å². The van der Waals surface area contributed by atoms with E-state index in [1.54, 1.807) is 25.3 Å². The van der Waals surface area contributed by atoms with E-state index in [2.05, 4.69) is 10.6 Å². The minimum Gasteiger partial charge on any atom is -0.497 e. The molecule has 0 heterocycles. The fourth-order valence-electron chi connectivity index (χ4n) is 2.04. The molecule has 0 saturated heterocycles.